The van der Waals surface area contributed by atoms with Gasteiger partial charge in [0, 0.05) is 50.3 Å². The average molecular weight is 597 g/mol. The second-order valence-electron chi connectivity index (χ2n) is 6.48. The maximum atomic E-state index is 11.4. The van der Waals surface area contributed by atoms with Crippen LogP contribution in [0.25, 0.3) is 16.0 Å². The number of carbonyl (C=O) groups is 3. The van der Waals surface area contributed by atoms with Crippen molar-refractivity contribution in [2.45, 2.75) is 25.7 Å². The first-order chi connectivity index (χ1) is 17.5. The van der Waals surface area contributed by atoms with Crippen molar-refractivity contribution in [1.29, 1.82) is 0 Å². The number of hydrogen-bond donors (Lipinski definition) is 1. The Morgan fingerprint density at radius 1 is 1.00 bits per heavy atom. The lowest BCUT2D eigenvalue weighted by Crippen LogP contribution is -2.13. The van der Waals surface area contributed by atoms with Gasteiger partial charge in [-0.15, -0.1) is 4.52 Å². The molecule has 0 fully saturated rings. The van der Waals surface area contributed by atoms with Gasteiger partial charge in [-0.2, -0.15) is 4.79 Å². The normalized spacial score (nSPS) is 11.9. The molecule has 0 saturated heterocycles. The minimum Gasteiger partial charge on any atom is -0.360 e. The molecular weight excluding hydrogens is 570 g/mol. The number of benzene rings is 1. The summed E-state index contributed by atoms with van der Waals surface area (Å²) in [5.41, 5.74) is 16.2. The van der Waals surface area contributed by atoms with Gasteiger partial charge < -0.3 is 24.4 Å². The van der Waals surface area contributed by atoms with Gasteiger partial charge in [0.2, 0.25) is 18.8 Å². The Morgan fingerprint density at radius 3 is 1.74 bits per heavy atom. The first-order valence-corrected chi connectivity index (χ1v) is 14.4. The molecule has 1 amide bonds. The van der Waals surface area contributed by atoms with Gasteiger partial charge in [0.05, 0.1) is 4.90 Å². The van der Waals surface area contributed by atoms with Gasteiger partial charge in [0.15, 0.2) is 0 Å². The monoisotopic (exact) mass is 597 g/mol. The largest absolute Gasteiger partial charge is 0.446 e. The lowest BCUT2D eigenvalue weighted by atomic mass is 10.3. The highest BCUT2D eigenvalue weighted by Crippen LogP contribution is 2.47. The average Bonchev–Trinajstić information content (AvgIpc) is 2.84. The molecule has 210 valence electrons. The van der Waals surface area contributed by atoms with Crippen LogP contribution in [0.4, 0.5) is 5.69 Å². The molecule has 1 rings (SSSR count). The Labute approximate surface area is 219 Å². The van der Waals surface area contributed by atoms with Crippen LogP contribution >= 0.6 is 15.2 Å². The molecule has 0 radical (unpaired) electrons. The van der Waals surface area contributed by atoms with Crippen molar-refractivity contribution >= 4 is 53.8 Å². The van der Waals surface area contributed by atoms with Gasteiger partial charge in [0.25, 0.3) is 10.0 Å². The lowest BCUT2D eigenvalue weighted by Gasteiger charge is -2.05. The van der Waals surface area contributed by atoms with Crippen molar-refractivity contribution in [2.24, 2.45) is 4.52 Å². The third-order valence-corrected chi connectivity index (χ3v) is 8.48. The zero-order valence-corrected chi connectivity index (χ0v) is 23.9. The molecule has 0 aromatic heterocycles. The molecule has 20 heteroatoms. The van der Waals surface area contributed by atoms with Crippen molar-refractivity contribution in [3.63, 3.8) is 0 Å². The second-order valence-corrected chi connectivity index (χ2v) is 12.4. The van der Waals surface area contributed by atoms with Crippen LogP contribution < -0.4 is 5.32 Å². The van der Waals surface area contributed by atoms with E-state index in [4.69, 9.17) is 11.1 Å². The van der Waals surface area contributed by atoms with E-state index in [1.54, 1.807) is 0 Å². The summed E-state index contributed by atoms with van der Waals surface area (Å²) in [6, 6.07) is 5.30. The minimum absolute atomic E-state index is 0.126. The quantitative estimate of drug-likeness (QED) is 0.0963. The topological polar surface area (TPSA) is 254 Å². The summed E-state index contributed by atoms with van der Waals surface area (Å²) in [5, 5.41) is 2.48. The molecule has 1 unspecified atom stereocenters. The van der Waals surface area contributed by atoms with Gasteiger partial charge >= 0.3 is 20.6 Å². The predicted octanol–water partition coefficient (Wildman–Crippen LogP) is 3.56. The van der Waals surface area contributed by atoms with E-state index in [0.29, 0.717) is 5.69 Å². The third kappa shape index (κ3) is 13.4. The van der Waals surface area contributed by atoms with E-state index >= 15 is 0 Å². The number of hydrogen-bond acceptors (Lipinski definition) is 11. The fraction of sp³-hybridized carbons (Fsp3) is 0.389. The van der Waals surface area contributed by atoms with Gasteiger partial charge in [-0.1, -0.05) is 0 Å². The highest BCUT2D eigenvalue weighted by molar-refractivity contribution is 7.90. The Morgan fingerprint density at radius 2 is 1.50 bits per heavy atom. The first-order valence-electron chi connectivity index (χ1n) is 9.73. The summed E-state index contributed by atoms with van der Waals surface area (Å²) in [7, 11) is -4.51. The fourth-order valence-electron chi connectivity index (χ4n) is 2.01. The van der Waals surface area contributed by atoms with Crippen LogP contribution in [0.2, 0.25) is 0 Å². The van der Waals surface area contributed by atoms with Crippen LogP contribution in [-0.2, 0) is 51.6 Å². The number of anilines is 1. The van der Waals surface area contributed by atoms with Crippen molar-refractivity contribution in [3.05, 3.63) is 47.3 Å². The van der Waals surface area contributed by atoms with E-state index < -0.39 is 36.5 Å². The molecule has 0 bridgehead atoms. The molecule has 1 N–H and O–H groups in total. The molecule has 0 aliphatic rings. The maximum absolute atomic E-state index is 11.4. The number of carbonyl (C=O) groups excluding carboxylic acids is 3. The number of sulfonamides is 1. The molecule has 0 saturated carbocycles. The van der Waals surface area contributed by atoms with E-state index in [1.807, 2.05) is 0 Å². The summed E-state index contributed by atoms with van der Waals surface area (Å²) < 4.78 is 65.2. The van der Waals surface area contributed by atoms with Crippen molar-refractivity contribution in [3.8, 4) is 0 Å². The molecule has 0 heterocycles. The molecule has 0 spiro atoms. The number of azide groups is 1. The lowest BCUT2D eigenvalue weighted by molar-refractivity contribution is -0.115. The number of Topliss-reactive ketones (excluding diaryl/α,β-unsaturated/α-hetero) is 2. The smallest absolute Gasteiger partial charge is 0.360 e. The van der Waals surface area contributed by atoms with Crippen LogP contribution in [-0.4, -0.2) is 63.6 Å². The second kappa shape index (κ2) is 17.4. The van der Waals surface area contributed by atoms with Crippen LogP contribution in [0.3, 0.4) is 0 Å². The van der Waals surface area contributed by atoms with Crippen LogP contribution in [0.15, 0.2) is 33.7 Å². The Bertz CT molecular complexity index is 1270. The number of nitrogens with zero attached hydrogens (tertiary/aromatic N) is 5. The summed E-state index contributed by atoms with van der Waals surface area (Å²) in [4.78, 5) is 36.5. The first kappa shape index (κ1) is 37.0. The van der Waals surface area contributed by atoms with E-state index in [0.717, 1.165) is 21.1 Å². The van der Waals surface area contributed by atoms with Gasteiger partial charge in [0.1, 0.15) is 11.9 Å². The number of amides is 1. The summed E-state index contributed by atoms with van der Waals surface area (Å²) in [6.07, 6.45) is -0.215. The molecule has 1 aromatic carbocycles. The standard InChI is InChI=1S/C8H8N4O3S.C5H9N2O4P.C5H10O4P/c1-6(13)10-7-2-4-8(5-3-7)16(14,15)12-11-9;1-4(8)5(7-6)12(9,10-2)11-3;1-5(6)4-10(7,8-2)9-3/h2-5H,1H3,(H,10,13);1-3H3;2,4H2,1,3H3/q;;+1. The van der Waals surface area contributed by atoms with Gasteiger partial charge in [-0.3, -0.25) is 18.9 Å². The molecule has 0 aliphatic heterocycles. The van der Waals surface area contributed by atoms with E-state index in [1.165, 1.54) is 45.2 Å². The van der Waals surface area contributed by atoms with Gasteiger partial charge in [-0.25, -0.2) is 13.0 Å². The Balaban J connectivity index is 0. The summed E-state index contributed by atoms with van der Waals surface area (Å²) >= 11 is 0. The zero-order chi connectivity index (χ0) is 30.2. The van der Waals surface area contributed by atoms with Gasteiger partial charge in [-0.05, 0) is 36.7 Å². The molecule has 38 heavy (non-hydrogen) atoms. The van der Waals surface area contributed by atoms with E-state index in [-0.39, 0.29) is 22.7 Å². The number of nitrogens with one attached hydrogen (secondary N) is 1. The molecule has 0 aliphatic carbocycles. The Hall–Kier alpha value is -3.16. The highest BCUT2D eigenvalue weighted by Gasteiger charge is 2.41. The zero-order valence-electron chi connectivity index (χ0n) is 21.3. The highest BCUT2D eigenvalue weighted by atomic mass is 32.2. The van der Waals surface area contributed by atoms with E-state index in [9.17, 15) is 31.9 Å². The predicted molar refractivity (Wildman–Crippen MR) is 135 cm³/mol. The Kier molecular flexibility index (Phi) is 16.9. The van der Waals surface area contributed by atoms with Crippen LogP contribution in [0.5, 0.6) is 0 Å². The fourth-order valence-corrected chi connectivity index (χ4v) is 4.54. The van der Waals surface area contributed by atoms with Crippen molar-refractivity contribution in [1.82, 2.24) is 0 Å². The molecule has 17 nitrogen and oxygen atoms in total. The number of ketones is 2. The maximum Gasteiger partial charge on any atom is 0.446 e. The summed E-state index contributed by atoms with van der Waals surface area (Å²) in [5.74, 6) is -1.16. The molecular formula is C18H27N6O11P2S+. The van der Waals surface area contributed by atoms with Crippen LogP contribution in [0, 0.1) is 7.11 Å². The summed E-state index contributed by atoms with van der Waals surface area (Å²) in [6.45, 7) is 3.75. The minimum atomic E-state index is -3.96. The SMILES string of the molecule is CC(=O)Nc1ccc(S(=O)(=O)N=[N+]=[N-])cc1.COP(=O)(OC)C(=[N+]=[N-])C(C)=O.[CH2+]OP(=O)(CC(C)=O)OC. The van der Waals surface area contributed by atoms with Crippen LogP contribution in [0.1, 0.15) is 20.8 Å². The van der Waals surface area contributed by atoms with E-state index in [2.05, 4.69) is 44.7 Å². The van der Waals surface area contributed by atoms with Crippen molar-refractivity contribution in [2.75, 3.05) is 32.8 Å². The molecule has 1 aromatic rings. The molecule has 1 atom stereocenters. The van der Waals surface area contributed by atoms with Crippen molar-refractivity contribution < 1.29 is 54.8 Å². The number of rotatable bonds is 11. The third-order valence-electron chi connectivity index (χ3n) is 3.66.